The van der Waals surface area contributed by atoms with Gasteiger partial charge in [-0.1, -0.05) is 24.0 Å². The van der Waals surface area contributed by atoms with Crippen molar-refractivity contribution in [3.8, 4) is 11.5 Å². The number of quaternary nitrogens is 1. The van der Waals surface area contributed by atoms with Crippen molar-refractivity contribution >= 4 is 17.4 Å². The van der Waals surface area contributed by atoms with Crippen LogP contribution in [0.4, 0.5) is 0 Å². The van der Waals surface area contributed by atoms with Crippen molar-refractivity contribution in [2.24, 2.45) is 0 Å². The third-order valence-electron chi connectivity index (χ3n) is 5.95. The minimum Gasteiger partial charge on any atom is -0.872 e. The van der Waals surface area contributed by atoms with Gasteiger partial charge in [-0.2, -0.15) is 0 Å². The molecule has 4 rings (SSSR count). The quantitative estimate of drug-likeness (QED) is 0.390. The van der Waals surface area contributed by atoms with Gasteiger partial charge in [-0.25, -0.2) is 0 Å². The van der Waals surface area contributed by atoms with Gasteiger partial charge in [-0.05, 0) is 47.9 Å². The molecule has 0 bridgehead atoms. The van der Waals surface area contributed by atoms with Gasteiger partial charge in [0.05, 0.1) is 26.7 Å². The van der Waals surface area contributed by atoms with Crippen LogP contribution in [0, 0.1) is 0 Å². The van der Waals surface area contributed by atoms with E-state index < -0.39 is 23.5 Å². The van der Waals surface area contributed by atoms with E-state index in [2.05, 4.69) is 0 Å². The molecule has 0 saturated carbocycles. The monoisotopic (exact) mass is 436 g/mol. The first-order chi connectivity index (χ1) is 15.3. The van der Waals surface area contributed by atoms with Crippen molar-refractivity contribution in [1.82, 2.24) is 4.90 Å². The number of rotatable bonds is 6. The standard InChI is InChI=1S/C25H28N2O5/c1-15-12-18-13-17(8-9-20(18)32-15)23(29)21-22(16-6-4-7-19(28)14-16)27(25(31)24(21)30)11-5-10-26(2)3/h4,6-9,13-15,22,28-29H,5,10-12H2,1-3H3. The molecule has 0 spiro atoms. The number of carbonyl (C=O) groups excluding carboxylic acids is 2. The molecule has 2 atom stereocenters. The average molecular weight is 437 g/mol. The maximum Gasteiger partial charge on any atom is 0.295 e. The van der Waals surface area contributed by atoms with E-state index in [1.54, 1.807) is 30.3 Å². The summed E-state index contributed by atoms with van der Waals surface area (Å²) in [6.45, 7) is 3.13. The largest absolute Gasteiger partial charge is 0.872 e. The highest BCUT2D eigenvalue weighted by atomic mass is 16.5. The number of hydrogen-bond donors (Lipinski definition) is 2. The molecule has 1 saturated heterocycles. The van der Waals surface area contributed by atoms with Crippen LogP contribution in [0.25, 0.3) is 5.76 Å². The van der Waals surface area contributed by atoms with E-state index in [4.69, 9.17) is 4.74 Å². The first kappa shape index (κ1) is 21.9. The lowest BCUT2D eigenvalue weighted by Crippen LogP contribution is -3.05. The summed E-state index contributed by atoms with van der Waals surface area (Å²) in [5.41, 5.74) is 1.76. The highest BCUT2D eigenvalue weighted by Gasteiger charge is 2.44. The molecule has 0 radical (unpaired) electrons. The van der Waals surface area contributed by atoms with Crippen LogP contribution in [-0.4, -0.2) is 55.0 Å². The van der Waals surface area contributed by atoms with Crippen molar-refractivity contribution in [3.63, 3.8) is 0 Å². The molecule has 0 aromatic heterocycles. The predicted octanol–water partition coefficient (Wildman–Crippen LogP) is 0.474. The van der Waals surface area contributed by atoms with Crippen LogP contribution in [0.5, 0.6) is 11.5 Å². The summed E-state index contributed by atoms with van der Waals surface area (Å²) in [6.07, 6.45) is 1.41. The second kappa shape index (κ2) is 8.67. The maximum atomic E-state index is 13.5. The number of phenolic OH excluding ortho intramolecular Hbond substituents is 1. The van der Waals surface area contributed by atoms with E-state index in [0.29, 0.717) is 30.5 Å². The van der Waals surface area contributed by atoms with Crippen molar-refractivity contribution in [2.45, 2.75) is 31.9 Å². The Morgan fingerprint density at radius 1 is 1.22 bits per heavy atom. The number of likely N-dealkylation sites (tertiary alicyclic amines) is 1. The first-order valence-electron chi connectivity index (χ1n) is 10.9. The number of nitrogens with zero attached hydrogens (tertiary/aromatic N) is 1. The molecule has 0 aliphatic carbocycles. The molecule has 32 heavy (non-hydrogen) atoms. The molecule has 2 aromatic rings. The molecule has 2 heterocycles. The normalized spacial score (nSPS) is 21.8. The van der Waals surface area contributed by atoms with Crippen molar-refractivity contribution < 1.29 is 29.4 Å². The second-order valence-electron chi connectivity index (χ2n) is 8.83. The summed E-state index contributed by atoms with van der Waals surface area (Å²) in [6, 6.07) is 10.7. The highest BCUT2D eigenvalue weighted by Crippen LogP contribution is 2.40. The summed E-state index contributed by atoms with van der Waals surface area (Å²) in [5.74, 6) is -1.15. The number of Topliss-reactive ketones (excluding diaryl/α,β-unsaturated/α-hetero) is 1. The van der Waals surface area contributed by atoms with Crippen LogP contribution in [0.2, 0.25) is 0 Å². The van der Waals surface area contributed by atoms with Gasteiger partial charge >= 0.3 is 0 Å². The predicted molar refractivity (Wildman–Crippen MR) is 117 cm³/mol. The summed E-state index contributed by atoms with van der Waals surface area (Å²) < 4.78 is 5.71. The fourth-order valence-electron chi connectivity index (χ4n) is 4.46. The first-order valence-corrected chi connectivity index (χ1v) is 10.9. The van der Waals surface area contributed by atoms with Gasteiger partial charge in [0.1, 0.15) is 17.6 Å². The van der Waals surface area contributed by atoms with E-state index in [-0.39, 0.29) is 17.4 Å². The number of aromatic hydroxyl groups is 1. The molecule has 2 aliphatic heterocycles. The fraction of sp³-hybridized carbons (Fsp3) is 0.360. The maximum absolute atomic E-state index is 13.5. The lowest BCUT2D eigenvalue weighted by Gasteiger charge is -2.27. The summed E-state index contributed by atoms with van der Waals surface area (Å²) in [7, 11) is 4.03. The highest BCUT2D eigenvalue weighted by molar-refractivity contribution is 6.46. The average Bonchev–Trinajstić information content (AvgIpc) is 3.24. The van der Waals surface area contributed by atoms with Crippen LogP contribution in [0.1, 0.15) is 36.1 Å². The molecular formula is C25H28N2O5. The topological polar surface area (TPSA) is 94.3 Å². The fourth-order valence-corrected chi connectivity index (χ4v) is 4.46. The molecule has 2 aromatic carbocycles. The third kappa shape index (κ3) is 4.08. The van der Waals surface area contributed by atoms with Gasteiger partial charge in [-0.3, -0.25) is 9.59 Å². The van der Waals surface area contributed by atoms with Gasteiger partial charge in [0.15, 0.2) is 0 Å². The number of amides is 1. The third-order valence-corrected chi connectivity index (χ3v) is 5.95. The Morgan fingerprint density at radius 2 is 2.00 bits per heavy atom. The number of carbonyl (C=O) groups is 2. The van der Waals surface area contributed by atoms with Gasteiger partial charge in [-0.15, -0.1) is 0 Å². The molecule has 1 amide bonds. The van der Waals surface area contributed by atoms with Crippen LogP contribution in [-0.2, 0) is 16.0 Å². The van der Waals surface area contributed by atoms with Crippen molar-refractivity contribution in [1.29, 1.82) is 0 Å². The minimum atomic E-state index is -0.824. The molecular weight excluding hydrogens is 408 g/mol. The number of ketones is 1. The smallest absolute Gasteiger partial charge is 0.295 e. The molecule has 7 nitrogen and oxygen atoms in total. The van der Waals surface area contributed by atoms with E-state index in [0.717, 1.165) is 17.9 Å². The van der Waals surface area contributed by atoms with Gasteiger partial charge in [0, 0.05) is 25.0 Å². The van der Waals surface area contributed by atoms with Crippen LogP contribution < -0.4 is 14.7 Å². The molecule has 168 valence electrons. The number of nitrogens with one attached hydrogen (secondary N) is 1. The van der Waals surface area contributed by atoms with E-state index in [9.17, 15) is 19.8 Å². The van der Waals surface area contributed by atoms with Gasteiger partial charge in [0.2, 0.25) is 5.78 Å². The zero-order chi connectivity index (χ0) is 23.0. The molecule has 2 aliphatic rings. The number of benzene rings is 2. The number of phenols is 1. The Hall–Kier alpha value is -3.32. The number of fused-ring (bicyclic) bond motifs is 1. The Balaban J connectivity index is 1.78. The van der Waals surface area contributed by atoms with E-state index in [1.807, 2.05) is 21.0 Å². The van der Waals surface area contributed by atoms with Crippen molar-refractivity contribution in [3.05, 3.63) is 64.7 Å². The van der Waals surface area contributed by atoms with Gasteiger partial charge in [0.25, 0.3) is 5.91 Å². The van der Waals surface area contributed by atoms with Crippen LogP contribution in [0.15, 0.2) is 48.0 Å². The Labute approximate surface area is 187 Å². The Bertz CT molecular complexity index is 1090. The van der Waals surface area contributed by atoms with Crippen LogP contribution in [0.3, 0.4) is 0 Å². The van der Waals surface area contributed by atoms with E-state index in [1.165, 1.54) is 21.9 Å². The zero-order valence-electron chi connectivity index (χ0n) is 18.6. The summed E-state index contributed by atoms with van der Waals surface area (Å²) >= 11 is 0. The molecule has 1 fully saturated rings. The number of ether oxygens (including phenoxy) is 1. The SMILES string of the molecule is CC1Cc2cc(C([O-])=C3C(=O)C(=O)N(CCC[NH+](C)C)C3c3cccc(O)c3)ccc2O1. The summed E-state index contributed by atoms with van der Waals surface area (Å²) in [4.78, 5) is 28.7. The molecule has 2 unspecified atom stereocenters. The minimum absolute atomic E-state index is 0.0162. The van der Waals surface area contributed by atoms with E-state index >= 15 is 0 Å². The zero-order valence-corrected chi connectivity index (χ0v) is 18.6. The lowest BCUT2D eigenvalue weighted by molar-refractivity contribution is -0.858. The Morgan fingerprint density at radius 3 is 2.72 bits per heavy atom. The Kier molecular flexibility index (Phi) is 5.93. The lowest BCUT2D eigenvalue weighted by atomic mass is 9.94. The number of hydrogen-bond acceptors (Lipinski definition) is 5. The second-order valence-corrected chi connectivity index (χ2v) is 8.83. The van der Waals surface area contributed by atoms with Crippen molar-refractivity contribution in [2.75, 3.05) is 27.2 Å². The molecule has 2 N–H and O–H groups in total. The van der Waals surface area contributed by atoms with Gasteiger partial charge < -0.3 is 24.7 Å². The summed E-state index contributed by atoms with van der Waals surface area (Å²) in [5, 5.41) is 23.5. The van der Waals surface area contributed by atoms with Crippen LogP contribution >= 0.6 is 0 Å². The molecule has 7 heteroatoms.